The van der Waals surface area contributed by atoms with Gasteiger partial charge in [0.1, 0.15) is 0 Å². The van der Waals surface area contributed by atoms with Crippen LogP contribution in [-0.4, -0.2) is 0 Å². The molecular weight excluding hydrogens is 347 g/mol. The van der Waals surface area contributed by atoms with Gasteiger partial charge in [-0.15, -0.1) is 37.2 Å². The molecule has 0 radical (unpaired) electrons. The Labute approximate surface area is 162 Å². The van der Waals surface area contributed by atoms with Crippen molar-refractivity contribution in [3.05, 3.63) is 44.6 Å². The fourth-order valence-corrected chi connectivity index (χ4v) is 3.13. The second-order valence-electron chi connectivity index (χ2n) is 6.68. The maximum absolute atomic E-state index is 2.28. The standard InChI is InChI=1S/2C10H16.3ClH/c2*1-6-7(2)9(4)10(5)8(6)3;;;/h2*6H,1-5H3;3*1H. The number of halogens is 3. The van der Waals surface area contributed by atoms with Crippen LogP contribution in [0.25, 0.3) is 0 Å². The number of allylic oxidation sites excluding steroid dienone is 8. The third-order valence-corrected chi connectivity index (χ3v) is 6.09. The van der Waals surface area contributed by atoms with Crippen LogP contribution < -0.4 is 0 Å². The zero-order valence-corrected chi connectivity index (χ0v) is 18.8. The topological polar surface area (TPSA) is 0 Å². The zero-order chi connectivity index (χ0) is 15.8. The SMILES string of the molecule is CC1=C(C)C(C)C(C)=C1C.CC1=C(C)C(C)C(C)=C1C.Cl.Cl.Cl. The van der Waals surface area contributed by atoms with Gasteiger partial charge in [0.2, 0.25) is 0 Å². The lowest BCUT2D eigenvalue weighted by Crippen LogP contribution is -1.92. The smallest absolute Gasteiger partial charge is 0.00153 e. The van der Waals surface area contributed by atoms with Crippen LogP contribution in [-0.2, 0) is 0 Å². The minimum absolute atomic E-state index is 0. The summed E-state index contributed by atoms with van der Waals surface area (Å²) in [6.07, 6.45) is 0. The highest BCUT2D eigenvalue weighted by Crippen LogP contribution is 2.36. The predicted octanol–water partition coefficient (Wildman–Crippen LogP) is 7.88. The van der Waals surface area contributed by atoms with Gasteiger partial charge in [0.05, 0.1) is 0 Å². The van der Waals surface area contributed by atoms with E-state index in [0.717, 1.165) is 0 Å². The van der Waals surface area contributed by atoms with Gasteiger partial charge in [0, 0.05) is 0 Å². The first kappa shape index (κ1) is 27.7. The fourth-order valence-electron chi connectivity index (χ4n) is 3.13. The molecular formula is C20H35Cl3. The van der Waals surface area contributed by atoms with Crippen molar-refractivity contribution < 1.29 is 0 Å². The Morgan fingerprint density at radius 2 is 0.522 bits per heavy atom. The van der Waals surface area contributed by atoms with E-state index >= 15 is 0 Å². The monoisotopic (exact) mass is 380 g/mol. The van der Waals surface area contributed by atoms with Gasteiger partial charge in [-0.2, -0.15) is 0 Å². The van der Waals surface area contributed by atoms with Crippen molar-refractivity contribution in [1.82, 2.24) is 0 Å². The third kappa shape index (κ3) is 5.41. The Bertz CT molecular complexity index is 447. The van der Waals surface area contributed by atoms with Crippen molar-refractivity contribution in [2.45, 2.75) is 69.2 Å². The third-order valence-electron chi connectivity index (χ3n) is 6.09. The molecule has 0 nitrogen and oxygen atoms in total. The molecule has 2 aliphatic carbocycles. The van der Waals surface area contributed by atoms with Gasteiger partial charge in [0.15, 0.2) is 0 Å². The molecule has 0 amide bonds. The average molecular weight is 382 g/mol. The van der Waals surface area contributed by atoms with E-state index in [-0.39, 0.29) is 37.2 Å². The summed E-state index contributed by atoms with van der Waals surface area (Å²) in [6, 6.07) is 0. The molecule has 2 aliphatic rings. The van der Waals surface area contributed by atoms with Crippen LogP contribution in [0.2, 0.25) is 0 Å². The zero-order valence-electron chi connectivity index (χ0n) is 16.4. The van der Waals surface area contributed by atoms with Gasteiger partial charge in [-0.05, 0) is 89.5 Å². The first-order chi connectivity index (χ1) is 9.11. The second kappa shape index (κ2) is 10.6. The largest absolute Gasteiger partial charge is 0.147 e. The van der Waals surface area contributed by atoms with Gasteiger partial charge in [-0.25, -0.2) is 0 Å². The van der Waals surface area contributed by atoms with Gasteiger partial charge < -0.3 is 0 Å². The summed E-state index contributed by atoms with van der Waals surface area (Å²) in [7, 11) is 0. The van der Waals surface area contributed by atoms with Crippen molar-refractivity contribution in [1.29, 1.82) is 0 Å². The van der Waals surface area contributed by atoms with E-state index in [1.807, 2.05) is 0 Å². The molecule has 0 atom stereocenters. The van der Waals surface area contributed by atoms with Gasteiger partial charge in [0.25, 0.3) is 0 Å². The molecule has 0 unspecified atom stereocenters. The molecule has 0 aliphatic heterocycles. The van der Waals surface area contributed by atoms with Crippen molar-refractivity contribution in [3.63, 3.8) is 0 Å². The Morgan fingerprint density at radius 3 is 0.565 bits per heavy atom. The Morgan fingerprint density at radius 1 is 0.391 bits per heavy atom. The fraction of sp³-hybridized carbons (Fsp3) is 0.600. The molecule has 0 fully saturated rings. The van der Waals surface area contributed by atoms with Crippen LogP contribution in [0.1, 0.15) is 69.2 Å². The molecule has 3 heteroatoms. The molecule has 0 aromatic carbocycles. The maximum atomic E-state index is 2.28. The number of hydrogen-bond acceptors (Lipinski definition) is 0. The van der Waals surface area contributed by atoms with E-state index < -0.39 is 0 Å². The van der Waals surface area contributed by atoms with E-state index in [2.05, 4.69) is 69.2 Å². The second-order valence-corrected chi connectivity index (χ2v) is 6.68. The lowest BCUT2D eigenvalue weighted by molar-refractivity contribution is 0.815. The van der Waals surface area contributed by atoms with E-state index in [1.165, 1.54) is 22.3 Å². The van der Waals surface area contributed by atoms with Crippen molar-refractivity contribution in [3.8, 4) is 0 Å². The van der Waals surface area contributed by atoms with Gasteiger partial charge in [-0.3, -0.25) is 0 Å². The van der Waals surface area contributed by atoms with Crippen LogP contribution in [0.5, 0.6) is 0 Å². The quantitative estimate of drug-likeness (QED) is 0.400. The van der Waals surface area contributed by atoms with E-state index in [0.29, 0.717) is 11.8 Å². The molecule has 0 aromatic rings. The lowest BCUT2D eigenvalue weighted by Gasteiger charge is -2.05. The van der Waals surface area contributed by atoms with E-state index in [1.54, 1.807) is 22.3 Å². The molecule has 0 aromatic heterocycles. The summed E-state index contributed by atoms with van der Waals surface area (Å²) >= 11 is 0. The molecule has 0 saturated heterocycles. The summed E-state index contributed by atoms with van der Waals surface area (Å²) in [5.41, 5.74) is 12.2. The van der Waals surface area contributed by atoms with E-state index in [9.17, 15) is 0 Å². The highest BCUT2D eigenvalue weighted by atomic mass is 35.5. The normalized spacial score (nSPS) is 18.5. The Hall–Kier alpha value is -0.170. The minimum atomic E-state index is 0. The average Bonchev–Trinajstić information content (AvgIpc) is 2.71. The van der Waals surface area contributed by atoms with E-state index in [4.69, 9.17) is 0 Å². The van der Waals surface area contributed by atoms with Crippen LogP contribution in [0, 0.1) is 11.8 Å². The molecule has 0 saturated carbocycles. The number of hydrogen-bond donors (Lipinski definition) is 0. The molecule has 2 rings (SSSR count). The first-order valence-corrected chi connectivity index (χ1v) is 7.81. The molecule has 136 valence electrons. The van der Waals surface area contributed by atoms with Gasteiger partial charge >= 0.3 is 0 Å². The minimum Gasteiger partial charge on any atom is -0.147 e. The summed E-state index contributed by atoms with van der Waals surface area (Å²) in [5, 5.41) is 0. The summed E-state index contributed by atoms with van der Waals surface area (Å²) in [6.45, 7) is 22.4. The van der Waals surface area contributed by atoms with Crippen molar-refractivity contribution in [2.75, 3.05) is 0 Å². The Balaban J connectivity index is -0.000000308. The van der Waals surface area contributed by atoms with Crippen molar-refractivity contribution in [2.24, 2.45) is 11.8 Å². The van der Waals surface area contributed by atoms with Crippen molar-refractivity contribution >= 4 is 37.2 Å². The van der Waals surface area contributed by atoms with Crippen LogP contribution in [0.15, 0.2) is 44.6 Å². The highest BCUT2D eigenvalue weighted by molar-refractivity contribution is 5.86. The predicted molar refractivity (Wildman–Crippen MR) is 114 cm³/mol. The molecule has 0 bridgehead atoms. The van der Waals surface area contributed by atoms with Crippen LogP contribution >= 0.6 is 37.2 Å². The highest BCUT2D eigenvalue weighted by Gasteiger charge is 2.19. The molecule has 23 heavy (non-hydrogen) atoms. The molecule has 0 spiro atoms. The lowest BCUT2D eigenvalue weighted by atomic mass is 10.00. The Kier molecular flexibility index (Phi) is 12.8. The van der Waals surface area contributed by atoms with Gasteiger partial charge in [-0.1, -0.05) is 36.1 Å². The summed E-state index contributed by atoms with van der Waals surface area (Å²) < 4.78 is 0. The summed E-state index contributed by atoms with van der Waals surface area (Å²) in [5.74, 6) is 1.39. The molecule has 0 heterocycles. The maximum Gasteiger partial charge on any atom is -0.00153 e. The summed E-state index contributed by atoms with van der Waals surface area (Å²) in [4.78, 5) is 0. The first-order valence-electron chi connectivity index (χ1n) is 7.81. The van der Waals surface area contributed by atoms with Crippen LogP contribution in [0.3, 0.4) is 0 Å². The molecule has 0 N–H and O–H groups in total. The number of rotatable bonds is 0. The van der Waals surface area contributed by atoms with Crippen LogP contribution in [0.4, 0.5) is 0 Å².